The second-order valence-electron chi connectivity index (χ2n) is 3.12. The molecule has 1 rings (SSSR count). The Labute approximate surface area is 56.1 Å². The summed E-state index contributed by atoms with van der Waals surface area (Å²) in [4.78, 5) is 0. The number of aliphatic hydroxyl groups excluding tert-OH is 1. The van der Waals surface area contributed by atoms with Crippen molar-refractivity contribution in [2.75, 3.05) is 0 Å². The first-order valence-electron chi connectivity index (χ1n) is 3.64. The lowest BCUT2D eigenvalue weighted by atomic mass is 9.85. The van der Waals surface area contributed by atoms with Crippen LogP contribution in [0.4, 0.5) is 0 Å². The summed E-state index contributed by atoms with van der Waals surface area (Å²) in [7, 11) is 0. The molecule has 0 aromatic heterocycles. The van der Waals surface area contributed by atoms with Crippen LogP contribution in [0.15, 0.2) is 0 Å². The maximum atomic E-state index is 9.24. The Morgan fingerprint density at radius 3 is 2.56 bits per heavy atom. The molecule has 0 aromatic rings. The summed E-state index contributed by atoms with van der Waals surface area (Å²) in [6.45, 7) is 2.06. The van der Waals surface area contributed by atoms with E-state index in [2.05, 4.69) is 6.92 Å². The van der Waals surface area contributed by atoms with E-state index in [-0.39, 0.29) is 6.10 Å². The van der Waals surface area contributed by atoms with E-state index >= 15 is 0 Å². The predicted molar refractivity (Wildman–Crippen MR) is 37.0 cm³/mol. The fourth-order valence-electron chi connectivity index (χ4n) is 1.42. The quantitative estimate of drug-likeness (QED) is 0.500. The zero-order chi connectivity index (χ0) is 6.85. The van der Waals surface area contributed by atoms with Gasteiger partial charge in [0.25, 0.3) is 0 Å². The lowest BCUT2D eigenvalue weighted by Crippen LogP contribution is -2.34. The van der Waals surface area contributed by atoms with Gasteiger partial charge in [-0.15, -0.1) is 0 Å². The van der Waals surface area contributed by atoms with Crippen LogP contribution in [-0.4, -0.2) is 17.3 Å². The molecule has 0 saturated heterocycles. The number of hydrogen-bond donors (Lipinski definition) is 2. The van der Waals surface area contributed by atoms with Gasteiger partial charge < -0.3 is 10.8 Å². The van der Waals surface area contributed by atoms with E-state index in [0.29, 0.717) is 12.0 Å². The Morgan fingerprint density at radius 2 is 2.11 bits per heavy atom. The fourth-order valence-corrected chi connectivity index (χ4v) is 1.42. The first-order valence-corrected chi connectivity index (χ1v) is 3.64. The maximum absolute atomic E-state index is 9.24. The Balaban J connectivity index is 2.35. The van der Waals surface area contributed by atoms with E-state index in [1.165, 1.54) is 0 Å². The number of nitrogens with two attached hydrogens (primary N) is 1. The van der Waals surface area contributed by atoms with Crippen LogP contribution in [0.2, 0.25) is 0 Å². The summed E-state index contributed by atoms with van der Waals surface area (Å²) in [5.74, 6) is 0.411. The molecule has 1 fully saturated rings. The van der Waals surface area contributed by atoms with E-state index in [9.17, 15) is 5.11 Å². The molecule has 54 valence electrons. The molecule has 3 N–H and O–H groups in total. The number of aliphatic hydroxyl groups is 1. The van der Waals surface area contributed by atoms with Crippen LogP contribution in [-0.2, 0) is 0 Å². The standard InChI is InChI=1S/C7H15NO/c1-5-4-6(8)2-3-7(5)9/h5-7,9H,2-4,8H2,1H3/t5-,6+,7-/m1/s1. The minimum Gasteiger partial charge on any atom is -0.393 e. The molecule has 0 unspecified atom stereocenters. The van der Waals surface area contributed by atoms with Crippen molar-refractivity contribution < 1.29 is 5.11 Å². The third kappa shape index (κ3) is 1.66. The third-order valence-corrected chi connectivity index (χ3v) is 2.16. The molecule has 0 spiro atoms. The van der Waals surface area contributed by atoms with Gasteiger partial charge in [0.05, 0.1) is 6.10 Å². The molecule has 1 aliphatic rings. The molecule has 3 atom stereocenters. The summed E-state index contributed by atoms with van der Waals surface area (Å²) in [6, 6.07) is 0.336. The van der Waals surface area contributed by atoms with Crippen LogP contribution < -0.4 is 5.73 Å². The van der Waals surface area contributed by atoms with Crippen molar-refractivity contribution in [3.63, 3.8) is 0 Å². The highest BCUT2D eigenvalue weighted by molar-refractivity contribution is 4.78. The Morgan fingerprint density at radius 1 is 1.44 bits per heavy atom. The van der Waals surface area contributed by atoms with Crippen molar-refractivity contribution in [1.29, 1.82) is 0 Å². The van der Waals surface area contributed by atoms with Gasteiger partial charge in [-0.1, -0.05) is 6.92 Å². The Hall–Kier alpha value is -0.0800. The topological polar surface area (TPSA) is 46.2 Å². The summed E-state index contributed by atoms with van der Waals surface area (Å²) in [5, 5.41) is 9.24. The second kappa shape index (κ2) is 2.67. The highest BCUT2D eigenvalue weighted by atomic mass is 16.3. The van der Waals surface area contributed by atoms with E-state index in [4.69, 9.17) is 5.73 Å². The van der Waals surface area contributed by atoms with Gasteiger partial charge in [0.1, 0.15) is 0 Å². The van der Waals surface area contributed by atoms with Crippen LogP contribution in [0.3, 0.4) is 0 Å². The van der Waals surface area contributed by atoms with Gasteiger partial charge in [0.2, 0.25) is 0 Å². The molecular weight excluding hydrogens is 114 g/mol. The molecule has 2 heteroatoms. The molecule has 2 nitrogen and oxygen atoms in total. The normalized spacial score (nSPS) is 45.0. The van der Waals surface area contributed by atoms with E-state index in [1.54, 1.807) is 0 Å². The minimum atomic E-state index is -0.0928. The lowest BCUT2D eigenvalue weighted by Gasteiger charge is -2.28. The molecular formula is C7H15NO. The number of hydrogen-bond acceptors (Lipinski definition) is 2. The van der Waals surface area contributed by atoms with Gasteiger partial charge in [-0.25, -0.2) is 0 Å². The van der Waals surface area contributed by atoms with E-state index in [0.717, 1.165) is 19.3 Å². The Kier molecular flexibility index (Phi) is 2.09. The highest BCUT2D eigenvalue weighted by Crippen LogP contribution is 2.22. The first kappa shape index (κ1) is 7.03. The van der Waals surface area contributed by atoms with Gasteiger partial charge in [-0.2, -0.15) is 0 Å². The molecule has 0 heterocycles. The maximum Gasteiger partial charge on any atom is 0.0566 e. The van der Waals surface area contributed by atoms with Crippen LogP contribution in [0.5, 0.6) is 0 Å². The fraction of sp³-hybridized carbons (Fsp3) is 1.00. The zero-order valence-corrected chi connectivity index (χ0v) is 5.88. The van der Waals surface area contributed by atoms with E-state index in [1.807, 2.05) is 0 Å². The first-order chi connectivity index (χ1) is 4.20. The van der Waals surface area contributed by atoms with E-state index < -0.39 is 0 Å². The summed E-state index contributed by atoms with van der Waals surface area (Å²) in [5.41, 5.74) is 5.68. The monoisotopic (exact) mass is 129 g/mol. The van der Waals surface area contributed by atoms with Crippen molar-refractivity contribution in [1.82, 2.24) is 0 Å². The molecule has 1 aliphatic carbocycles. The SMILES string of the molecule is C[C@@H]1C[C@@H](N)CC[C@H]1O. The van der Waals surface area contributed by atoms with Gasteiger partial charge in [-0.05, 0) is 25.2 Å². The van der Waals surface area contributed by atoms with Crippen LogP contribution >= 0.6 is 0 Å². The molecule has 9 heavy (non-hydrogen) atoms. The largest absolute Gasteiger partial charge is 0.393 e. The van der Waals surface area contributed by atoms with Crippen LogP contribution in [0.25, 0.3) is 0 Å². The highest BCUT2D eigenvalue weighted by Gasteiger charge is 2.22. The lowest BCUT2D eigenvalue weighted by molar-refractivity contribution is 0.0721. The molecule has 0 amide bonds. The third-order valence-electron chi connectivity index (χ3n) is 2.16. The predicted octanol–water partition coefficient (Wildman–Crippen LogP) is 0.495. The van der Waals surface area contributed by atoms with Crippen molar-refractivity contribution in [2.24, 2.45) is 11.7 Å². The van der Waals surface area contributed by atoms with Gasteiger partial charge in [0, 0.05) is 6.04 Å². The molecule has 0 radical (unpaired) electrons. The summed E-state index contributed by atoms with van der Waals surface area (Å²) < 4.78 is 0. The Bertz CT molecular complexity index is 94.9. The summed E-state index contributed by atoms with van der Waals surface area (Å²) >= 11 is 0. The van der Waals surface area contributed by atoms with Gasteiger partial charge >= 0.3 is 0 Å². The molecule has 1 saturated carbocycles. The number of rotatable bonds is 0. The van der Waals surface area contributed by atoms with Crippen LogP contribution in [0.1, 0.15) is 26.2 Å². The molecule has 0 bridgehead atoms. The summed E-state index contributed by atoms with van der Waals surface area (Å²) in [6.07, 6.45) is 2.78. The second-order valence-corrected chi connectivity index (χ2v) is 3.12. The van der Waals surface area contributed by atoms with Gasteiger partial charge in [-0.3, -0.25) is 0 Å². The van der Waals surface area contributed by atoms with Crippen molar-refractivity contribution in [2.45, 2.75) is 38.3 Å². The van der Waals surface area contributed by atoms with Gasteiger partial charge in [0.15, 0.2) is 0 Å². The zero-order valence-electron chi connectivity index (χ0n) is 5.88. The average molecular weight is 129 g/mol. The van der Waals surface area contributed by atoms with Crippen molar-refractivity contribution in [3.05, 3.63) is 0 Å². The van der Waals surface area contributed by atoms with Crippen molar-refractivity contribution >= 4 is 0 Å². The minimum absolute atomic E-state index is 0.0928. The molecule has 0 aromatic carbocycles. The average Bonchev–Trinajstić information content (AvgIpc) is 1.80. The smallest absolute Gasteiger partial charge is 0.0566 e. The molecule has 0 aliphatic heterocycles. The van der Waals surface area contributed by atoms with Crippen LogP contribution in [0, 0.1) is 5.92 Å². The van der Waals surface area contributed by atoms with Crippen molar-refractivity contribution in [3.8, 4) is 0 Å².